The maximum atomic E-state index is 13.1. The lowest BCUT2D eigenvalue weighted by molar-refractivity contribution is 0.0919. The number of nitrogens with one attached hydrogen (secondary N) is 1. The molecule has 0 atom stereocenters. The molecule has 0 saturated carbocycles. The van der Waals surface area contributed by atoms with Crippen LogP contribution < -0.4 is 15.5 Å². The zero-order valence-electron chi connectivity index (χ0n) is 13.8. The lowest BCUT2D eigenvalue weighted by atomic mass is 10.2. The number of ether oxygens (including phenoxy) is 1. The Bertz CT molecular complexity index is 953. The Balaban J connectivity index is 1.61. The first-order chi connectivity index (χ1) is 12.6. The summed E-state index contributed by atoms with van der Waals surface area (Å²) in [7, 11) is 0. The molecule has 1 aromatic heterocycles. The van der Waals surface area contributed by atoms with Gasteiger partial charge in [0.1, 0.15) is 18.7 Å². The third-order valence-corrected chi connectivity index (χ3v) is 3.60. The summed E-state index contributed by atoms with van der Waals surface area (Å²) >= 11 is 0. The van der Waals surface area contributed by atoms with Crippen molar-refractivity contribution in [2.45, 2.75) is 13.2 Å². The Labute approximate surface area is 149 Å². The second-order valence-corrected chi connectivity index (χ2v) is 5.56. The summed E-state index contributed by atoms with van der Waals surface area (Å²) in [6.45, 7) is 0.337. The van der Waals surface area contributed by atoms with Crippen LogP contribution in [0.15, 0.2) is 76.1 Å². The minimum absolute atomic E-state index is 0.0236. The molecule has 26 heavy (non-hydrogen) atoms. The molecule has 1 N–H and O–H groups in total. The maximum absolute atomic E-state index is 13.1. The highest BCUT2D eigenvalue weighted by atomic mass is 19.1. The molecule has 0 radical (unpaired) electrons. The summed E-state index contributed by atoms with van der Waals surface area (Å²) in [4.78, 5) is 24.1. The van der Waals surface area contributed by atoms with Gasteiger partial charge < -0.3 is 14.5 Å². The number of rotatable bonds is 6. The van der Waals surface area contributed by atoms with Crippen LogP contribution in [-0.4, -0.2) is 5.91 Å². The molecular weight excluding hydrogens is 337 g/mol. The molecule has 3 rings (SSSR count). The summed E-state index contributed by atoms with van der Waals surface area (Å²) in [6, 6.07) is 16.3. The molecule has 0 aliphatic rings. The van der Waals surface area contributed by atoms with Gasteiger partial charge in [-0.25, -0.2) is 4.39 Å². The molecule has 0 bridgehead atoms. The van der Waals surface area contributed by atoms with Crippen molar-refractivity contribution in [3.05, 3.63) is 99.9 Å². The van der Waals surface area contributed by atoms with E-state index in [1.807, 2.05) is 30.3 Å². The third-order valence-electron chi connectivity index (χ3n) is 3.60. The van der Waals surface area contributed by atoms with Crippen molar-refractivity contribution in [1.29, 1.82) is 0 Å². The second kappa shape index (κ2) is 8.11. The summed E-state index contributed by atoms with van der Waals surface area (Å²) < 4.78 is 23.7. The summed E-state index contributed by atoms with van der Waals surface area (Å²) in [5.74, 6) is -1.07. The second-order valence-electron chi connectivity index (χ2n) is 5.56. The number of benzene rings is 2. The molecule has 2 aromatic carbocycles. The number of hydrogen-bond acceptors (Lipinski definition) is 4. The van der Waals surface area contributed by atoms with Crippen LogP contribution in [0, 0.1) is 5.82 Å². The van der Waals surface area contributed by atoms with Gasteiger partial charge in [-0.15, -0.1) is 0 Å². The van der Waals surface area contributed by atoms with Crippen LogP contribution >= 0.6 is 0 Å². The molecule has 3 aromatic rings. The number of halogens is 1. The van der Waals surface area contributed by atoms with Crippen LogP contribution in [-0.2, 0) is 13.2 Å². The van der Waals surface area contributed by atoms with Gasteiger partial charge in [-0.05, 0) is 23.3 Å². The Kier molecular flexibility index (Phi) is 5.43. The number of carbonyl (C=O) groups is 1. The van der Waals surface area contributed by atoms with Crippen molar-refractivity contribution in [2.24, 2.45) is 0 Å². The Hall–Kier alpha value is -3.41. The Morgan fingerprint density at radius 1 is 1.04 bits per heavy atom. The van der Waals surface area contributed by atoms with E-state index < -0.39 is 11.3 Å². The fourth-order valence-electron chi connectivity index (χ4n) is 2.28. The van der Waals surface area contributed by atoms with Gasteiger partial charge in [-0.1, -0.05) is 42.5 Å². The van der Waals surface area contributed by atoms with Crippen molar-refractivity contribution in [3.8, 4) is 5.75 Å². The predicted molar refractivity (Wildman–Crippen MR) is 93.3 cm³/mol. The van der Waals surface area contributed by atoms with Crippen molar-refractivity contribution < 1.29 is 18.3 Å². The topological polar surface area (TPSA) is 68.5 Å². The molecule has 1 amide bonds. The van der Waals surface area contributed by atoms with Gasteiger partial charge >= 0.3 is 0 Å². The van der Waals surface area contributed by atoms with Gasteiger partial charge in [0, 0.05) is 12.6 Å². The van der Waals surface area contributed by atoms with E-state index in [1.54, 1.807) is 12.1 Å². The number of hydrogen-bond donors (Lipinski definition) is 1. The minimum Gasteiger partial charge on any atom is -0.482 e. The molecule has 0 aliphatic heterocycles. The zero-order valence-corrected chi connectivity index (χ0v) is 13.8. The van der Waals surface area contributed by atoms with Gasteiger partial charge in [0.15, 0.2) is 5.76 Å². The Morgan fingerprint density at radius 2 is 1.81 bits per heavy atom. The lowest BCUT2D eigenvalue weighted by Crippen LogP contribution is -2.24. The number of amides is 1. The van der Waals surface area contributed by atoms with E-state index in [1.165, 1.54) is 12.1 Å². The van der Waals surface area contributed by atoms with Crippen molar-refractivity contribution in [3.63, 3.8) is 0 Å². The van der Waals surface area contributed by atoms with Crippen LogP contribution in [0.1, 0.15) is 21.7 Å². The van der Waals surface area contributed by atoms with E-state index in [4.69, 9.17) is 9.15 Å². The Morgan fingerprint density at radius 3 is 2.54 bits per heavy atom. The highest BCUT2D eigenvalue weighted by molar-refractivity contribution is 5.91. The average molecular weight is 353 g/mol. The molecule has 0 saturated heterocycles. The van der Waals surface area contributed by atoms with Gasteiger partial charge in [-0.3, -0.25) is 9.59 Å². The fourth-order valence-corrected chi connectivity index (χ4v) is 2.28. The molecule has 0 fully saturated rings. The number of carbonyl (C=O) groups excluding carboxylic acids is 1. The van der Waals surface area contributed by atoms with Gasteiger partial charge in [0.2, 0.25) is 11.2 Å². The van der Waals surface area contributed by atoms with Gasteiger partial charge in [0.05, 0.1) is 0 Å². The highest BCUT2D eigenvalue weighted by Crippen LogP contribution is 2.10. The molecule has 5 nitrogen and oxygen atoms in total. The standard InChI is InChI=1S/C20H16FNO4/c21-16-8-4-7-15(9-16)11-22-20(24)18-10-17(23)19(13-26-18)25-12-14-5-2-1-3-6-14/h1-10,13H,11-12H2,(H,22,24). The monoisotopic (exact) mass is 353 g/mol. The van der Waals surface area contributed by atoms with Gasteiger partial charge in [-0.2, -0.15) is 0 Å². The van der Waals surface area contributed by atoms with Gasteiger partial charge in [0.25, 0.3) is 5.91 Å². The summed E-state index contributed by atoms with van der Waals surface area (Å²) in [5.41, 5.74) is 1.05. The molecule has 1 heterocycles. The van der Waals surface area contributed by atoms with Crippen LogP contribution in [0.5, 0.6) is 5.75 Å². The van der Waals surface area contributed by atoms with Crippen LogP contribution in [0.2, 0.25) is 0 Å². The van der Waals surface area contributed by atoms with E-state index in [-0.39, 0.29) is 30.5 Å². The van der Waals surface area contributed by atoms with Crippen LogP contribution in [0.3, 0.4) is 0 Å². The first-order valence-electron chi connectivity index (χ1n) is 7.94. The SMILES string of the molecule is O=C(NCc1cccc(F)c1)c1cc(=O)c(OCc2ccccc2)co1. The molecular formula is C20H16FNO4. The zero-order chi connectivity index (χ0) is 18.4. The lowest BCUT2D eigenvalue weighted by Gasteiger charge is -2.07. The van der Waals surface area contributed by atoms with E-state index in [0.29, 0.717) is 5.56 Å². The van der Waals surface area contributed by atoms with E-state index >= 15 is 0 Å². The third kappa shape index (κ3) is 4.57. The summed E-state index contributed by atoms with van der Waals surface area (Å²) in [5, 5.41) is 2.57. The largest absolute Gasteiger partial charge is 0.482 e. The normalized spacial score (nSPS) is 10.3. The molecule has 0 aliphatic carbocycles. The molecule has 132 valence electrons. The van der Waals surface area contributed by atoms with Crippen LogP contribution in [0.25, 0.3) is 0 Å². The fraction of sp³-hybridized carbons (Fsp3) is 0.100. The van der Waals surface area contributed by atoms with Crippen molar-refractivity contribution in [2.75, 3.05) is 0 Å². The maximum Gasteiger partial charge on any atom is 0.287 e. The van der Waals surface area contributed by atoms with E-state index in [2.05, 4.69) is 5.32 Å². The summed E-state index contributed by atoms with van der Waals surface area (Å²) in [6.07, 6.45) is 1.11. The van der Waals surface area contributed by atoms with E-state index in [9.17, 15) is 14.0 Å². The molecule has 0 unspecified atom stereocenters. The first kappa shape index (κ1) is 17.4. The average Bonchev–Trinajstić information content (AvgIpc) is 2.66. The molecule has 6 heteroatoms. The smallest absolute Gasteiger partial charge is 0.287 e. The quantitative estimate of drug-likeness (QED) is 0.738. The van der Waals surface area contributed by atoms with Crippen molar-refractivity contribution in [1.82, 2.24) is 5.32 Å². The highest BCUT2D eigenvalue weighted by Gasteiger charge is 2.12. The van der Waals surface area contributed by atoms with E-state index in [0.717, 1.165) is 17.9 Å². The molecule has 0 spiro atoms. The minimum atomic E-state index is -0.569. The van der Waals surface area contributed by atoms with Crippen molar-refractivity contribution >= 4 is 5.91 Å². The predicted octanol–water partition coefficient (Wildman–Crippen LogP) is 3.29. The van der Waals surface area contributed by atoms with Crippen LogP contribution in [0.4, 0.5) is 4.39 Å². The first-order valence-corrected chi connectivity index (χ1v) is 7.94.